The lowest BCUT2D eigenvalue weighted by atomic mass is 10.1. The second-order valence-electron chi connectivity index (χ2n) is 6.78. The molecule has 0 aliphatic rings. The Hall–Kier alpha value is -3.06. The van der Waals surface area contributed by atoms with E-state index in [9.17, 15) is 9.59 Å². The smallest absolute Gasteiger partial charge is 0.326 e. The molecule has 0 spiro atoms. The van der Waals surface area contributed by atoms with E-state index < -0.39 is 12.1 Å². The van der Waals surface area contributed by atoms with Gasteiger partial charge in [0.05, 0.1) is 16.8 Å². The Morgan fingerprint density at radius 3 is 2.76 bits per heavy atom. The van der Waals surface area contributed by atoms with E-state index in [0.717, 1.165) is 27.8 Å². The molecule has 0 fully saturated rings. The van der Waals surface area contributed by atoms with Gasteiger partial charge in [0.1, 0.15) is 12.4 Å². The summed E-state index contributed by atoms with van der Waals surface area (Å²) in [7, 11) is 0. The zero-order valence-corrected chi connectivity index (χ0v) is 17.0. The number of hydrogen-bond acceptors (Lipinski definition) is 5. The van der Waals surface area contributed by atoms with Crippen LogP contribution in [0.15, 0.2) is 54.7 Å². The Balaban J connectivity index is 1.52. The van der Waals surface area contributed by atoms with E-state index in [1.165, 1.54) is 0 Å². The number of imidazole rings is 1. The van der Waals surface area contributed by atoms with Gasteiger partial charge >= 0.3 is 5.97 Å². The second kappa shape index (κ2) is 8.13. The van der Waals surface area contributed by atoms with E-state index in [1.54, 1.807) is 24.9 Å². The van der Waals surface area contributed by atoms with Crippen LogP contribution in [0.2, 0.25) is 0 Å². The van der Waals surface area contributed by atoms with Gasteiger partial charge in [-0.05, 0) is 31.4 Å². The summed E-state index contributed by atoms with van der Waals surface area (Å²) in [5.74, 6) is 0.810. The van der Waals surface area contributed by atoms with Crippen LogP contribution in [0.3, 0.4) is 0 Å². The van der Waals surface area contributed by atoms with Gasteiger partial charge in [-0.15, -0.1) is 0 Å². The average molecular weight is 407 g/mol. The molecule has 0 unspecified atom stereocenters. The number of aromatic amines is 1. The number of carbonyl (C=O) groups is 2. The van der Waals surface area contributed by atoms with Crippen LogP contribution in [-0.4, -0.2) is 38.6 Å². The lowest BCUT2D eigenvalue weighted by molar-refractivity contribution is -0.147. The number of fused-ring (bicyclic) bond motifs is 2. The van der Waals surface area contributed by atoms with Gasteiger partial charge in [-0.25, -0.2) is 4.98 Å². The van der Waals surface area contributed by atoms with Crippen molar-refractivity contribution in [2.75, 3.05) is 6.26 Å². The van der Waals surface area contributed by atoms with Crippen molar-refractivity contribution >= 4 is 45.5 Å². The number of Topliss-reactive ketones (excluding diaryl/α,β-unsaturated/α-hetero) is 1. The summed E-state index contributed by atoms with van der Waals surface area (Å²) in [6.07, 6.45) is 2.78. The molecule has 4 rings (SSSR count). The lowest BCUT2D eigenvalue weighted by Gasteiger charge is -2.13. The number of thioether (sulfide) groups is 1. The van der Waals surface area contributed by atoms with Crippen LogP contribution in [0.4, 0.5) is 0 Å². The highest BCUT2D eigenvalue weighted by Gasteiger charge is 2.23. The number of aromatic nitrogens is 3. The van der Waals surface area contributed by atoms with Gasteiger partial charge < -0.3 is 14.3 Å². The zero-order chi connectivity index (χ0) is 20.4. The molecule has 7 heteroatoms. The van der Waals surface area contributed by atoms with Crippen molar-refractivity contribution in [3.63, 3.8) is 0 Å². The van der Waals surface area contributed by atoms with Crippen molar-refractivity contribution in [2.45, 2.75) is 25.3 Å². The molecule has 1 N–H and O–H groups in total. The van der Waals surface area contributed by atoms with Crippen molar-refractivity contribution < 1.29 is 14.3 Å². The number of hydrogen-bond donors (Lipinski definition) is 1. The number of para-hydroxylation sites is 3. The van der Waals surface area contributed by atoms with Crippen LogP contribution >= 0.6 is 11.8 Å². The minimum Gasteiger partial charge on any atom is -0.453 e. The molecule has 0 saturated heterocycles. The third kappa shape index (κ3) is 3.78. The molecule has 2 aromatic heterocycles. The molecule has 0 bridgehead atoms. The Morgan fingerprint density at radius 2 is 1.93 bits per heavy atom. The normalized spacial score (nSPS) is 12.3. The van der Waals surface area contributed by atoms with E-state index in [4.69, 9.17) is 4.74 Å². The first-order valence-corrected chi connectivity index (χ1v) is 10.7. The van der Waals surface area contributed by atoms with Crippen LogP contribution in [0.25, 0.3) is 21.9 Å². The fraction of sp³-hybridized carbons (Fsp3) is 0.227. The van der Waals surface area contributed by atoms with Gasteiger partial charge in [-0.1, -0.05) is 30.3 Å². The summed E-state index contributed by atoms with van der Waals surface area (Å²) in [5, 5.41) is 0.822. The first-order valence-electron chi connectivity index (χ1n) is 9.31. The number of nitrogens with one attached hydrogen (secondary N) is 1. The minimum absolute atomic E-state index is 0.0158. The first-order chi connectivity index (χ1) is 14.1. The summed E-state index contributed by atoms with van der Waals surface area (Å²) >= 11 is 1.64. The summed E-state index contributed by atoms with van der Waals surface area (Å²) < 4.78 is 7.34. The Morgan fingerprint density at radius 1 is 1.17 bits per heavy atom. The average Bonchev–Trinajstić information content (AvgIpc) is 3.29. The molecule has 29 heavy (non-hydrogen) atoms. The summed E-state index contributed by atoms with van der Waals surface area (Å²) in [4.78, 5) is 33.1. The monoisotopic (exact) mass is 407 g/mol. The SMILES string of the molecule is CSCc1nc2ccccc2n1CC(=O)O[C@@H](C)C(=O)c1c[nH]c2ccccc12. The maximum absolute atomic E-state index is 12.8. The van der Waals surface area contributed by atoms with Crippen LogP contribution in [0.1, 0.15) is 23.1 Å². The topological polar surface area (TPSA) is 77.0 Å². The summed E-state index contributed by atoms with van der Waals surface area (Å²) in [6.45, 7) is 1.62. The standard InChI is InChI=1S/C22H21N3O3S/c1-14(22(27)16-11-23-17-8-4-3-7-15(16)17)28-21(26)12-25-19-10-6-5-9-18(19)24-20(25)13-29-2/h3-11,14,23H,12-13H2,1-2H3/t14-/m0/s1. The van der Waals surface area contributed by atoms with Crippen LogP contribution in [0.5, 0.6) is 0 Å². The fourth-order valence-electron chi connectivity index (χ4n) is 3.45. The van der Waals surface area contributed by atoms with Gasteiger partial charge in [0.2, 0.25) is 5.78 Å². The van der Waals surface area contributed by atoms with E-state index in [0.29, 0.717) is 11.3 Å². The van der Waals surface area contributed by atoms with E-state index in [-0.39, 0.29) is 12.3 Å². The van der Waals surface area contributed by atoms with Crippen molar-refractivity contribution in [1.29, 1.82) is 0 Å². The lowest BCUT2D eigenvalue weighted by Crippen LogP contribution is -2.26. The predicted molar refractivity (Wildman–Crippen MR) is 115 cm³/mol. The third-order valence-electron chi connectivity index (χ3n) is 4.83. The van der Waals surface area contributed by atoms with Gasteiger partial charge in [-0.3, -0.25) is 9.59 Å². The van der Waals surface area contributed by atoms with Crippen LogP contribution in [0, 0.1) is 0 Å². The number of carbonyl (C=O) groups excluding carboxylic acids is 2. The van der Waals surface area contributed by atoms with Gasteiger partial charge in [-0.2, -0.15) is 11.8 Å². The predicted octanol–water partition coefficient (Wildman–Crippen LogP) is 4.20. The molecule has 6 nitrogen and oxygen atoms in total. The molecule has 0 amide bonds. The maximum Gasteiger partial charge on any atom is 0.326 e. The van der Waals surface area contributed by atoms with Crippen molar-refractivity contribution in [3.8, 4) is 0 Å². The highest BCUT2D eigenvalue weighted by molar-refractivity contribution is 7.97. The number of ether oxygens (including phenoxy) is 1. The number of benzene rings is 2. The molecule has 0 radical (unpaired) electrons. The number of H-pyrrole nitrogens is 1. The largest absolute Gasteiger partial charge is 0.453 e. The number of nitrogens with zero attached hydrogens (tertiary/aromatic N) is 2. The fourth-order valence-corrected chi connectivity index (χ4v) is 3.93. The van der Waals surface area contributed by atoms with E-state index in [2.05, 4.69) is 9.97 Å². The molecule has 0 aliphatic heterocycles. The van der Waals surface area contributed by atoms with Crippen LogP contribution < -0.4 is 0 Å². The number of esters is 1. The highest BCUT2D eigenvalue weighted by Crippen LogP contribution is 2.21. The summed E-state index contributed by atoms with van der Waals surface area (Å²) in [5.41, 5.74) is 3.12. The molecule has 148 valence electrons. The molecular formula is C22H21N3O3S. The first kappa shape index (κ1) is 19.3. The van der Waals surface area contributed by atoms with E-state index in [1.807, 2.05) is 59.4 Å². The molecule has 0 saturated carbocycles. The highest BCUT2D eigenvalue weighted by atomic mass is 32.2. The molecule has 0 aliphatic carbocycles. The van der Waals surface area contributed by atoms with E-state index >= 15 is 0 Å². The number of ketones is 1. The Labute approximate surface area is 172 Å². The number of rotatable bonds is 7. The maximum atomic E-state index is 12.8. The van der Waals surface area contributed by atoms with Crippen molar-refractivity contribution in [2.24, 2.45) is 0 Å². The molecule has 1 atom stereocenters. The molecule has 2 heterocycles. The zero-order valence-electron chi connectivity index (χ0n) is 16.2. The van der Waals surface area contributed by atoms with Gasteiger partial charge in [0.15, 0.2) is 6.10 Å². The van der Waals surface area contributed by atoms with Crippen molar-refractivity contribution in [3.05, 3.63) is 66.1 Å². The second-order valence-corrected chi connectivity index (χ2v) is 7.65. The quantitative estimate of drug-likeness (QED) is 0.367. The van der Waals surface area contributed by atoms with Gasteiger partial charge in [0, 0.05) is 22.7 Å². The molecule has 4 aromatic rings. The minimum atomic E-state index is -0.875. The summed E-state index contributed by atoms with van der Waals surface area (Å²) in [6, 6.07) is 15.2. The van der Waals surface area contributed by atoms with Crippen LogP contribution in [-0.2, 0) is 21.8 Å². The molecule has 2 aromatic carbocycles. The third-order valence-corrected chi connectivity index (χ3v) is 5.37. The Kier molecular flexibility index (Phi) is 5.40. The van der Waals surface area contributed by atoms with Gasteiger partial charge in [0.25, 0.3) is 0 Å². The Bertz CT molecular complexity index is 1190. The van der Waals surface area contributed by atoms with Crippen molar-refractivity contribution in [1.82, 2.24) is 14.5 Å². The molecular weight excluding hydrogens is 386 g/mol.